The second kappa shape index (κ2) is 10.2. The van der Waals surface area contributed by atoms with Gasteiger partial charge in [0.05, 0.1) is 23.9 Å². The molecule has 1 aliphatic carbocycles. The van der Waals surface area contributed by atoms with E-state index >= 15 is 0 Å². The standard InChI is InChI=1S/C29H23Cl2NO4/c1-35-26-14-17(9-12-25(26)36-16-19-10-11-20(30)15-23(19)31)13-18-5-4-7-22-27(29(33)34)21-6-2-3-8-24(21)32-28(18)22/h2-3,6,8-15H,4-5,7,16H2,1H3,(H,33,34). The summed E-state index contributed by atoms with van der Waals surface area (Å²) >= 11 is 12.2. The summed E-state index contributed by atoms with van der Waals surface area (Å²) in [6, 6.07) is 18.4. The number of pyridine rings is 1. The topological polar surface area (TPSA) is 68.7 Å². The summed E-state index contributed by atoms with van der Waals surface area (Å²) in [7, 11) is 1.59. The van der Waals surface area contributed by atoms with E-state index in [-0.39, 0.29) is 6.61 Å². The van der Waals surface area contributed by atoms with E-state index in [2.05, 4.69) is 0 Å². The average Bonchev–Trinajstić information content (AvgIpc) is 2.87. The number of carbonyl (C=O) groups is 1. The van der Waals surface area contributed by atoms with E-state index in [9.17, 15) is 9.90 Å². The van der Waals surface area contributed by atoms with Gasteiger partial charge in [0.1, 0.15) is 6.61 Å². The van der Waals surface area contributed by atoms with Crippen LogP contribution >= 0.6 is 23.2 Å². The van der Waals surface area contributed by atoms with Gasteiger partial charge >= 0.3 is 5.97 Å². The van der Waals surface area contributed by atoms with Crippen LogP contribution in [0.2, 0.25) is 10.0 Å². The van der Waals surface area contributed by atoms with Gasteiger partial charge in [0.25, 0.3) is 0 Å². The van der Waals surface area contributed by atoms with E-state index in [1.165, 1.54) is 0 Å². The Labute approximate surface area is 218 Å². The lowest BCUT2D eigenvalue weighted by atomic mass is 9.86. The zero-order valence-electron chi connectivity index (χ0n) is 19.6. The summed E-state index contributed by atoms with van der Waals surface area (Å²) in [5.41, 5.74) is 5.33. The Morgan fingerprint density at radius 2 is 1.89 bits per heavy atom. The van der Waals surface area contributed by atoms with Crippen LogP contribution in [-0.2, 0) is 13.0 Å². The molecule has 0 spiro atoms. The fourth-order valence-corrected chi connectivity index (χ4v) is 5.07. The van der Waals surface area contributed by atoms with Crippen molar-refractivity contribution < 1.29 is 19.4 Å². The smallest absolute Gasteiger partial charge is 0.336 e. The van der Waals surface area contributed by atoms with Gasteiger partial charge in [-0.15, -0.1) is 0 Å². The molecule has 0 unspecified atom stereocenters. The molecule has 1 heterocycles. The molecule has 1 aromatic heterocycles. The fourth-order valence-electron chi connectivity index (χ4n) is 4.61. The summed E-state index contributed by atoms with van der Waals surface area (Å²) in [5, 5.41) is 11.8. The van der Waals surface area contributed by atoms with Crippen LogP contribution in [0.1, 0.15) is 45.6 Å². The number of para-hydroxylation sites is 1. The van der Waals surface area contributed by atoms with Crippen LogP contribution in [0.5, 0.6) is 11.5 Å². The number of methoxy groups -OCH3 is 1. The van der Waals surface area contributed by atoms with E-state index in [0.29, 0.717) is 44.4 Å². The van der Waals surface area contributed by atoms with Crippen molar-refractivity contribution in [1.29, 1.82) is 0 Å². The Morgan fingerprint density at radius 1 is 1.06 bits per heavy atom. The van der Waals surface area contributed by atoms with Crippen LogP contribution in [0.15, 0.2) is 60.7 Å². The number of hydrogen-bond donors (Lipinski definition) is 1. The highest BCUT2D eigenvalue weighted by Gasteiger charge is 2.24. The monoisotopic (exact) mass is 519 g/mol. The first kappa shape index (κ1) is 24.2. The molecule has 0 atom stereocenters. The molecule has 5 rings (SSSR count). The number of allylic oxidation sites excluding steroid dienone is 1. The third kappa shape index (κ3) is 4.77. The second-order valence-corrected chi connectivity index (χ2v) is 9.44. The first-order valence-corrected chi connectivity index (χ1v) is 12.3. The minimum Gasteiger partial charge on any atom is -0.493 e. The van der Waals surface area contributed by atoms with Gasteiger partial charge in [-0.3, -0.25) is 0 Å². The molecule has 0 radical (unpaired) electrons. The second-order valence-electron chi connectivity index (χ2n) is 8.59. The third-order valence-corrected chi connectivity index (χ3v) is 6.90. The number of nitrogens with zero attached hydrogens (tertiary/aromatic N) is 1. The van der Waals surface area contributed by atoms with Crippen molar-refractivity contribution >= 4 is 51.7 Å². The molecule has 1 aliphatic rings. The van der Waals surface area contributed by atoms with Gasteiger partial charge in [0, 0.05) is 21.0 Å². The quantitative estimate of drug-likeness (QED) is 0.282. The summed E-state index contributed by atoms with van der Waals surface area (Å²) in [5.74, 6) is 0.255. The van der Waals surface area contributed by atoms with Gasteiger partial charge in [0.2, 0.25) is 0 Å². The number of carboxylic acids is 1. The molecular formula is C29H23Cl2NO4. The maximum atomic E-state index is 12.2. The van der Waals surface area contributed by atoms with Gasteiger partial charge in [-0.2, -0.15) is 0 Å². The Kier molecular flexibility index (Phi) is 6.86. The minimum atomic E-state index is -0.921. The largest absolute Gasteiger partial charge is 0.493 e. The average molecular weight is 520 g/mol. The van der Waals surface area contributed by atoms with Crippen LogP contribution in [0.3, 0.4) is 0 Å². The van der Waals surface area contributed by atoms with E-state index in [1.807, 2.05) is 54.6 Å². The predicted molar refractivity (Wildman–Crippen MR) is 143 cm³/mol. The highest BCUT2D eigenvalue weighted by atomic mass is 35.5. The molecule has 5 nitrogen and oxygen atoms in total. The first-order valence-electron chi connectivity index (χ1n) is 11.5. The summed E-state index contributed by atoms with van der Waals surface area (Å²) < 4.78 is 11.6. The van der Waals surface area contributed by atoms with Gasteiger partial charge in [-0.1, -0.05) is 53.5 Å². The molecule has 36 heavy (non-hydrogen) atoms. The molecule has 0 saturated heterocycles. The highest BCUT2D eigenvalue weighted by Crippen LogP contribution is 2.37. The highest BCUT2D eigenvalue weighted by molar-refractivity contribution is 6.35. The number of fused-ring (bicyclic) bond motifs is 2. The number of rotatable bonds is 6. The molecule has 7 heteroatoms. The summed E-state index contributed by atoms with van der Waals surface area (Å²) in [6.07, 6.45) is 4.41. The molecule has 0 bridgehead atoms. The Bertz CT molecular complexity index is 1510. The predicted octanol–water partition coefficient (Wildman–Crippen LogP) is 7.70. The molecule has 0 saturated carbocycles. The number of halogens is 2. The van der Waals surface area contributed by atoms with E-state index < -0.39 is 5.97 Å². The molecule has 1 N–H and O–H groups in total. The molecule has 3 aromatic carbocycles. The van der Waals surface area contributed by atoms with Crippen molar-refractivity contribution in [1.82, 2.24) is 4.98 Å². The summed E-state index contributed by atoms with van der Waals surface area (Å²) in [4.78, 5) is 17.0. The van der Waals surface area contributed by atoms with Crippen molar-refractivity contribution in [3.8, 4) is 11.5 Å². The number of ether oxygens (including phenoxy) is 2. The molecular weight excluding hydrogens is 497 g/mol. The minimum absolute atomic E-state index is 0.273. The maximum absolute atomic E-state index is 12.2. The molecule has 4 aromatic rings. The molecule has 0 aliphatic heterocycles. The number of carboxylic acid groups (broad SMARTS) is 1. The summed E-state index contributed by atoms with van der Waals surface area (Å²) in [6.45, 7) is 0.273. The van der Waals surface area contributed by atoms with Crippen LogP contribution in [0.25, 0.3) is 22.6 Å². The van der Waals surface area contributed by atoms with Crippen LogP contribution < -0.4 is 9.47 Å². The van der Waals surface area contributed by atoms with Gasteiger partial charge < -0.3 is 14.6 Å². The van der Waals surface area contributed by atoms with Gasteiger partial charge in [0.15, 0.2) is 11.5 Å². The number of aromatic carboxylic acids is 1. The third-order valence-electron chi connectivity index (χ3n) is 6.31. The van der Waals surface area contributed by atoms with Crippen molar-refractivity contribution in [2.75, 3.05) is 7.11 Å². The van der Waals surface area contributed by atoms with Gasteiger partial charge in [-0.25, -0.2) is 9.78 Å². The Hall–Kier alpha value is -3.54. The fraction of sp³-hybridized carbons (Fsp3) is 0.172. The molecule has 182 valence electrons. The van der Waals surface area contributed by atoms with Crippen LogP contribution in [0, 0.1) is 0 Å². The van der Waals surface area contributed by atoms with Crippen molar-refractivity contribution in [2.24, 2.45) is 0 Å². The normalized spacial score (nSPS) is 14.0. The number of benzene rings is 3. The lowest BCUT2D eigenvalue weighted by molar-refractivity contribution is 0.0697. The first-order chi connectivity index (χ1) is 17.4. The molecule has 0 fully saturated rings. The zero-order chi connectivity index (χ0) is 25.2. The lowest BCUT2D eigenvalue weighted by Crippen LogP contribution is -2.13. The van der Waals surface area contributed by atoms with Crippen LogP contribution in [0.4, 0.5) is 0 Å². The van der Waals surface area contributed by atoms with Gasteiger partial charge in [-0.05, 0) is 72.4 Å². The van der Waals surface area contributed by atoms with Crippen LogP contribution in [-0.4, -0.2) is 23.2 Å². The zero-order valence-corrected chi connectivity index (χ0v) is 21.1. The maximum Gasteiger partial charge on any atom is 0.336 e. The Morgan fingerprint density at radius 3 is 2.67 bits per heavy atom. The van der Waals surface area contributed by atoms with Crippen molar-refractivity contribution in [3.63, 3.8) is 0 Å². The van der Waals surface area contributed by atoms with E-state index in [1.54, 1.807) is 19.2 Å². The molecule has 0 amide bonds. The lowest BCUT2D eigenvalue weighted by Gasteiger charge is -2.21. The SMILES string of the molecule is COc1cc(C=C2CCCc3c2nc2ccccc2c3C(=O)O)ccc1OCc1ccc(Cl)cc1Cl. The Balaban J connectivity index is 1.48. The van der Waals surface area contributed by atoms with E-state index in [0.717, 1.165) is 40.8 Å². The van der Waals surface area contributed by atoms with E-state index in [4.69, 9.17) is 37.7 Å². The number of aromatic nitrogens is 1. The van der Waals surface area contributed by atoms with Crippen molar-refractivity contribution in [2.45, 2.75) is 25.9 Å². The number of hydrogen-bond acceptors (Lipinski definition) is 4. The van der Waals surface area contributed by atoms with Crippen molar-refractivity contribution in [3.05, 3.63) is 98.7 Å².